The van der Waals surface area contributed by atoms with Gasteiger partial charge >= 0.3 is 0 Å². The van der Waals surface area contributed by atoms with Crippen LogP contribution in [0.4, 0.5) is 5.82 Å². The molecular formula is C24H27ClN4O. The van der Waals surface area contributed by atoms with Crippen LogP contribution in [0.5, 0.6) is 0 Å². The van der Waals surface area contributed by atoms with Gasteiger partial charge in [-0.1, -0.05) is 61.0 Å². The monoisotopic (exact) mass is 422 g/mol. The summed E-state index contributed by atoms with van der Waals surface area (Å²) in [4.78, 5) is 15.2. The van der Waals surface area contributed by atoms with E-state index in [0.717, 1.165) is 38.3 Å². The van der Waals surface area contributed by atoms with Crippen LogP contribution in [-0.4, -0.2) is 40.2 Å². The van der Waals surface area contributed by atoms with Crippen LogP contribution in [0, 0.1) is 0 Å². The summed E-state index contributed by atoms with van der Waals surface area (Å²) in [5, 5.41) is 7.91. The molecule has 0 aliphatic carbocycles. The first-order valence-electron chi connectivity index (χ1n) is 10.5. The predicted octanol–water partition coefficient (Wildman–Crippen LogP) is 5.23. The highest BCUT2D eigenvalue weighted by Crippen LogP contribution is 2.27. The molecule has 30 heavy (non-hydrogen) atoms. The van der Waals surface area contributed by atoms with Gasteiger partial charge in [0.2, 0.25) is 0 Å². The molecule has 2 aromatic carbocycles. The molecule has 2 heterocycles. The molecule has 0 radical (unpaired) electrons. The van der Waals surface area contributed by atoms with Gasteiger partial charge in [0, 0.05) is 25.7 Å². The molecule has 1 N–H and O–H groups in total. The molecule has 156 valence electrons. The van der Waals surface area contributed by atoms with Crippen molar-refractivity contribution < 1.29 is 4.79 Å². The number of carbonyl (C=O) groups excluding carboxylic acids is 1. The van der Waals surface area contributed by atoms with Crippen LogP contribution in [-0.2, 0) is 0 Å². The Bertz CT molecular complexity index is 980. The number of halogens is 1. The van der Waals surface area contributed by atoms with E-state index in [4.69, 9.17) is 11.6 Å². The summed E-state index contributed by atoms with van der Waals surface area (Å²) in [6.07, 6.45) is 3.77. The molecule has 5 nitrogen and oxygen atoms in total. The number of carbonyl (C=O) groups is 1. The molecular weight excluding hydrogens is 396 g/mol. The summed E-state index contributed by atoms with van der Waals surface area (Å²) >= 11 is 6.16. The second-order valence-electron chi connectivity index (χ2n) is 7.94. The molecule has 1 aliphatic heterocycles. The maximum absolute atomic E-state index is 12.6. The minimum absolute atomic E-state index is 0.212. The normalized spacial score (nSPS) is 16.3. The van der Waals surface area contributed by atoms with Crippen molar-refractivity contribution in [2.75, 3.05) is 25.0 Å². The fourth-order valence-electron chi connectivity index (χ4n) is 4.15. The average Bonchev–Trinajstić information content (AvgIpc) is 3.23. The van der Waals surface area contributed by atoms with Crippen LogP contribution in [0.2, 0.25) is 5.02 Å². The van der Waals surface area contributed by atoms with Crippen molar-refractivity contribution in [3.8, 4) is 0 Å². The van der Waals surface area contributed by atoms with Crippen molar-refractivity contribution in [3.63, 3.8) is 0 Å². The van der Waals surface area contributed by atoms with Crippen LogP contribution in [0.1, 0.15) is 47.6 Å². The number of benzene rings is 2. The molecule has 1 amide bonds. The number of anilines is 1. The van der Waals surface area contributed by atoms with E-state index in [2.05, 4.69) is 52.6 Å². The fourth-order valence-corrected chi connectivity index (χ4v) is 4.38. The molecule has 1 atom stereocenters. The number of hydrogen-bond acceptors (Lipinski definition) is 3. The molecule has 1 saturated heterocycles. The number of amides is 1. The van der Waals surface area contributed by atoms with Gasteiger partial charge in [0.05, 0.1) is 22.8 Å². The lowest BCUT2D eigenvalue weighted by Gasteiger charge is -2.34. The molecule has 1 aromatic heterocycles. The quantitative estimate of drug-likeness (QED) is 0.591. The number of hydrogen-bond donors (Lipinski definition) is 1. The Kier molecular flexibility index (Phi) is 6.50. The summed E-state index contributed by atoms with van der Waals surface area (Å²) in [6, 6.07) is 19.9. The van der Waals surface area contributed by atoms with Gasteiger partial charge < -0.3 is 10.2 Å². The minimum atomic E-state index is -0.212. The van der Waals surface area contributed by atoms with E-state index in [1.54, 1.807) is 18.3 Å². The van der Waals surface area contributed by atoms with Crippen LogP contribution >= 0.6 is 11.6 Å². The van der Waals surface area contributed by atoms with Crippen molar-refractivity contribution in [2.24, 2.45) is 0 Å². The van der Waals surface area contributed by atoms with E-state index >= 15 is 0 Å². The lowest BCUT2D eigenvalue weighted by molar-refractivity contribution is 0.102. The summed E-state index contributed by atoms with van der Waals surface area (Å²) in [5.41, 5.74) is 1.85. The van der Waals surface area contributed by atoms with Gasteiger partial charge in [-0.05, 0) is 36.5 Å². The van der Waals surface area contributed by atoms with Crippen LogP contribution < -0.4 is 5.32 Å². The Balaban J connectivity index is 1.35. The SMILES string of the molecule is C[C@@H](CN1CCC(n2nccc2NC(=O)c2ccccc2Cl)CC1)c1ccccc1. The number of aromatic nitrogens is 2. The number of rotatable bonds is 6. The summed E-state index contributed by atoms with van der Waals surface area (Å²) in [5.74, 6) is 1.02. The summed E-state index contributed by atoms with van der Waals surface area (Å²) in [6.45, 7) is 5.41. The van der Waals surface area contributed by atoms with Crippen molar-refractivity contribution in [1.82, 2.24) is 14.7 Å². The molecule has 1 aliphatic rings. The molecule has 0 unspecified atom stereocenters. The lowest BCUT2D eigenvalue weighted by Crippen LogP contribution is -2.37. The first-order valence-corrected chi connectivity index (χ1v) is 10.9. The van der Waals surface area contributed by atoms with Gasteiger partial charge in [0.1, 0.15) is 5.82 Å². The maximum Gasteiger partial charge on any atom is 0.258 e. The zero-order valence-corrected chi connectivity index (χ0v) is 17.9. The van der Waals surface area contributed by atoms with Crippen LogP contribution in [0.15, 0.2) is 66.9 Å². The van der Waals surface area contributed by atoms with Gasteiger partial charge in [-0.3, -0.25) is 4.79 Å². The average molecular weight is 423 g/mol. The molecule has 0 spiro atoms. The largest absolute Gasteiger partial charge is 0.307 e. The van der Waals surface area contributed by atoms with Crippen molar-refractivity contribution >= 4 is 23.3 Å². The zero-order valence-electron chi connectivity index (χ0n) is 17.2. The van der Waals surface area contributed by atoms with Gasteiger partial charge in [0.25, 0.3) is 5.91 Å². The van der Waals surface area contributed by atoms with E-state index < -0.39 is 0 Å². The number of piperidine rings is 1. The zero-order chi connectivity index (χ0) is 20.9. The topological polar surface area (TPSA) is 50.2 Å². The Labute approximate surface area is 182 Å². The number of nitrogens with one attached hydrogen (secondary N) is 1. The lowest BCUT2D eigenvalue weighted by atomic mass is 9.98. The van der Waals surface area contributed by atoms with Gasteiger partial charge in [0.15, 0.2) is 0 Å². The third-order valence-corrected chi connectivity index (χ3v) is 6.16. The standard InChI is InChI=1S/C24H27ClN4O/c1-18(19-7-3-2-4-8-19)17-28-15-12-20(13-16-28)29-23(11-14-26-29)27-24(30)21-9-5-6-10-22(21)25/h2-11,14,18,20H,12-13,15-17H2,1H3,(H,27,30)/t18-/m0/s1. The third kappa shape index (κ3) is 4.74. The molecule has 0 saturated carbocycles. The minimum Gasteiger partial charge on any atom is -0.307 e. The molecule has 0 bridgehead atoms. The maximum atomic E-state index is 12.6. The highest BCUT2D eigenvalue weighted by Gasteiger charge is 2.24. The van der Waals surface area contributed by atoms with E-state index in [1.807, 2.05) is 22.9 Å². The number of nitrogens with zero attached hydrogens (tertiary/aromatic N) is 3. The Morgan fingerprint density at radius 2 is 1.80 bits per heavy atom. The first-order chi connectivity index (χ1) is 14.6. The smallest absolute Gasteiger partial charge is 0.258 e. The first kappa shape index (κ1) is 20.6. The van der Waals surface area contributed by atoms with E-state index in [1.165, 1.54) is 5.56 Å². The van der Waals surface area contributed by atoms with Gasteiger partial charge in [-0.25, -0.2) is 4.68 Å². The molecule has 3 aromatic rings. The second kappa shape index (κ2) is 9.45. The third-order valence-electron chi connectivity index (χ3n) is 5.83. The Hall–Kier alpha value is -2.63. The Morgan fingerprint density at radius 3 is 2.53 bits per heavy atom. The van der Waals surface area contributed by atoms with Crippen LogP contribution in [0.3, 0.4) is 0 Å². The summed E-state index contributed by atoms with van der Waals surface area (Å²) < 4.78 is 1.95. The number of likely N-dealkylation sites (tertiary alicyclic amines) is 1. The Morgan fingerprint density at radius 1 is 1.10 bits per heavy atom. The highest BCUT2D eigenvalue weighted by molar-refractivity contribution is 6.34. The van der Waals surface area contributed by atoms with Gasteiger partial charge in [-0.15, -0.1) is 0 Å². The van der Waals surface area contributed by atoms with Crippen LogP contribution in [0.25, 0.3) is 0 Å². The van der Waals surface area contributed by atoms with E-state index in [0.29, 0.717) is 16.5 Å². The fraction of sp³-hybridized carbons (Fsp3) is 0.333. The van der Waals surface area contributed by atoms with Crippen molar-refractivity contribution in [1.29, 1.82) is 0 Å². The van der Waals surface area contributed by atoms with Crippen molar-refractivity contribution in [3.05, 3.63) is 83.0 Å². The summed E-state index contributed by atoms with van der Waals surface area (Å²) in [7, 11) is 0. The van der Waals surface area contributed by atoms with Gasteiger partial charge in [-0.2, -0.15) is 5.10 Å². The molecule has 1 fully saturated rings. The second-order valence-corrected chi connectivity index (χ2v) is 8.35. The predicted molar refractivity (Wildman–Crippen MR) is 121 cm³/mol. The molecule has 6 heteroatoms. The highest BCUT2D eigenvalue weighted by atomic mass is 35.5. The van der Waals surface area contributed by atoms with E-state index in [-0.39, 0.29) is 11.9 Å². The van der Waals surface area contributed by atoms with E-state index in [9.17, 15) is 4.79 Å². The molecule has 4 rings (SSSR count). The van der Waals surface area contributed by atoms with Crippen molar-refractivity contribution in [2.45, 2.75) is 31.7 Å².